The van der Waals surface area contributed by atoms with Gasteiger partial charge in [0.15, 0.2) is 0 Å². The molecule has 0 aromatic heterocycles. The molecule has 0 saturated heterocycles. The summed E-state index contributed by atoms with van der Waals surface area (Å²) in [5, 5.41) is 2.08. The van der Waals surface area contributed by atoms with E-state index in [0.29, 0.717) is 11.8 Å². The minimum Gasteiger partial charge on any atom is -0.494 e. The van der Waals surface area contributed by atoms with Gasteiger partial charge in [0.1, 0.15) is 11.5 Å². The van der Waals surface area contributed by atoms with Crippen molar-refractivity contribution in [1.29, 1.82) is 0 Å². The van der Waals surface area contributed by atoms with Gasteiger partial charge < -0.3 is 9.47 Å². The lowest BCUT2D eigenvalue weighted by Gasteiger charge is -2.26. The minimum atomic E-state index is 0.503. The van der Waals surface area contributed by atoms with Crippen molar-refractivity contribution < 1.29 is 9.47 Å². The van der Waals surface area contributed by atoms with Gasteiger partial charge in [-0.25, -0.2) is 0 Å². The van der Waals surface area contributed by atoms with Crippen molar-refractivity contribution in [1.82, 2.24) is 0 Å². The van der Waals surface area contributed by atoms with Crippen molar-refractivity contribution in [2.24, 2.45) is 0 Å². The summed E-state index contributed by atoms with van der Waals surface area (Å²) < 4.78 is 11.7. The summed E-state index contributed by atoms with van der Waals surface area (Å²) in [4.78, 5) is 0. The molecule has 0 fully saturated rings. The van der Waals surface area contributed by atoms with Crippen molar-refractivity contribution in [2.75, 3.05) is 23.9 Å². The lowest BCUT2D eigenvalue weighted by Crippen LogP contribution is -2.10. The fraction of sp³-hybridized carbons (Fsp3) is 0.538. The second kappa shape index (κ2) is 14.9. The van der Waals surface area contributed by atoms with Crippen LogP contribution >= 0.6 is 31.9 Å². The van der Waals surface area contributed by atoms with Gasteiger partial charge in [0.25, 0.3) is 0 Å². The molecule has 0 N–H and O–H groups in total. The molecule has 0 saturated carbocycles. The quantitative estimate of drug-likeness (QED) is 0.167. The lowest BCUT2D eigenvalue weighted by molar-refractivity contribution is 0.309. The highest BCUT2D eigenvalue weighted by Crippen LogP contribution is 2.39. The topological polar surface area (TPSA) is 18.5 Å². The van der Waals surface area contributed by atoms with Crippen LogP contribution in [0.3, 0.4) is 0 Å². The zero-order valence-electron chi connectivity index (χ0n) is 18.4. The van der Waals surface area contributed by atoms with Crippen molar-refractivity contribution in [3.8, 4) is 11.5 Å². The molecule has 0 aliphatic heterocycles. The van der Waals surface area contributed by atoms with E-state index in [1.165, 1.54) is 11.1 Å². The largest absolute Gasteiger partial charge is 0.494 e. The third-order valence-corrected chi connectivity index (χ3v) is 6.70. The summed E-state index contributed by atoms with van der Waals surface area (Å²) >= 11 is 6.93. The smallest absolute Gasteiger partial charge is 0.119 e. The molecule has 0 spiro atoms. The van der Waals surface area contributed by atoms with E-state index in [1.807, 2.05) is 0 Å². The van der Waals surface area contributed by atoms with Crippen LogP contribution in [0.15, 0.2) is 48.5 Å². The van der Waals surface area contributed by atoms with E-state index in [4.69, 9.17) is 9.47 Å². The highest BCUT2D eigenvalue weighted by atomic mass is 79.9. The molecule has 2 unspecified atom stereocenters. The van der Waals surface area contributed by atoms with Gasteiger partial charge in [0, 0.05) is 10.7 Å². The second-order valence-electron chi connectivity index (χ2n) is 7.66. The molecular weight excluding hydrogens is 504 g/mol. The Bertz CT molecular complexity index is 624. The number of alkyl halides is 2. The molecule has 0 radical (unpaired) electrons. The van der Waals surface area contributed by atoms with Gasteiger partial charge in [-0.05, 0) is 85.8 Å². The van der Waals surface area contributed by atoms with Crippen LogP contribution in [-0.4, -0.2) is 23.9 Å². The Kier molecular flexibility index (Phi) is 12.6. The molecule has 2 nitrogen and oxygen atoms in total. The zero-order valence-corrected chi connectivity index (χ0v) is 21.6. The number of hydrogen-bond acceptors (Lipinski definition) is 2. The highest BCUT2D eigenvalue weighted by molar-refractivity contribution is 9.09. The predicted molar refractivity (Wildman–Crippen MR) is 136 cm³/mol. The predicted octanol–water partition coefficient (Wildman–Crippen LogP) is 8.48. The van der Waals surface area contributed by atoms with E-state index in [2.05, 4.69) is 94.2 Å². The van der Waals surface area contributed by atoms with Gasteiger partial charge in [0.05, 0.1) is 13.2 Å². The van der Waals surface area contributed by atoms with E-state index in [-0.39, 0.29) is 0 Å². The van der Waals surface area contributed by atoms with Crippen molar-refractivity contribution in [3.05, 3.63) is 59.7 Å². The Balaban J connectivity index is 2.00. The standard InChI is InChI=1S/C26H36Br2O2/c1-3-25(21-9-13-23(14-10-21)29-19-7-5-17-27)26(4-2)22-11-15-24(16-12-22)30-20-8-6-18-28/h9-16,25-26H,3-8,17-20H2,1-2H3. The van der Waals surface area contributed by atoms with Gasteiger partial charge in [-0.2, -0.15) is 0 Å². The number of hydrogen-bond donors (Lipinski definition) is 0. The Morgan fingerprint density at radius 3 is 1.27 bits per heavy atom. The first kappa shape index (κ1) is 25.3. The van der Waals surface area contributed by atoms with Crippen molar-refractivity contribution >= 4 is 31.9 Å². The molecule has 4 heteroatoms. The Morgan fingerprint density at radius 1 is 0.600 bits per heavy atom. The maximum absolute atomic E-state index is 5.87. The molecule has 2 rings (SSSR count). The maximum atomic E-state index is 5.87. The Labute approximate surface area is 200 Å². The van der Waals surface area contributed by atoms with E-state index < -0.39 is 0 Å². The number of rotatable bonds is 15. The molecule has 2 atom stereocenters. The monoisotopic (exact) mass is 538 g/mol. The molecule has 166 valence electrons. The third kappa shape index (κ3) is 8.26. The van der Waals surface area contributed by atoms with Crippen LogP contribution in [0.2, 0.25) is 0 Å². The van der Waals surface area contributed by atoms with Crippen LogP contribution in [0.4, 0.5) is 0 Å². The molecule has 0 aliphatic rings. The molecule has 0 heterocycles. The van der Waals surface area contributed by atoms with Crippen LogP contribution in [0.25, 0.3) is 0 Å². The van der Waals surface area contributed by atoms with Gasteiger partial charge in [0.2, 0.25) is 0 Å². The van der Waals surface area contributed by atoms with Crippen LogP contribution < -0.4 is 9.47 Å². The van der Waals surface area contributed by atoms with E-state index in [9.17, 15) is 0 Å². The summed E-state index contributed by atoms with van der Waals surface area (Å²) in [7, 11) is 0. The summed E-state index contributed by atoms with van der Waals surface area (Å²) in [6, 6.07) is 17.5. The van der Waals surface area contributed by atoms with Crippen molar-refractivity contribution in [2.45, 2.75) is 64.2 Å². The Hall–Kier alpha value is -1.00. The molecule has 0 aliphatic carbocycles. The number of unbranched alkanes of at least 4 members (excludes halogenated alkanes) is 2. The summed E-state index contributed by atoms with van der Waals surface area (Å²) in [5.41, 5.74) is 2.79. The number of ether oxygens (including phenoxy) is 2. The van der Waals surface area contributed by atoms with Gasteiger partial charge in [-0.1, -0.05) is 70.0 Å². The minimum absolute atomic E-state index is 0.503. The third-order valence-electron chi connectivity index (χ3n) is 5.58. The molecule has 2 aromatic carbocycles. The molecule has 30 heavy (non-hydrogen) atoms. The summed E-state index contributed by atoms with van der Waals surface area (Å²) in [6.45, 7) is 6.15. The van der Waals surface area contributed by atoms with Crippen LogP contribution in [0.1, 0.15) is 75.3 Å². The van der Waals surface area contributed by atoms with Crippen LogP contribution in [-0.2, 0) is 0 Å². The first-order chi connectivity index (χ1) is 14.7. The average Bonchev–Trinajstić information content (AvgIpc) is 2.79. The lowest BCUT2D eigenvalue weighted by atomic mass is 9.78. The zero-order chi connectivity index (χ0) is 21.6. The van der Waals surface area contributed by atoms with Crippen LogP contribution in [0.5, 0.6) is 11.5 Å². The number of benzene rings is 2. The van der Waals surface area contributed by atoms with Gasteiger partial charge in [-0.3, -0.25) is 0 Å². The molecule has 2 aromatic rings. The Morgan fingerprint density at radius 2 is 0.967 bits per heavy atom. The average molecular weight is 540 g/mol. The summed E-state index contributed by atoms with van der Waals surface area (Å²) in [5.74, 6) is 2.95. The first-order valence-corrected chi connectivity index (χ1v) is 13.5. The molecule has 0 amide bonds. The van der Waals surface area contributed by atoms with E-state index in [1.54, 1.807) is 0 Å². The molecule has 0 bridgehead atoms. The maximum Gasteiger partial charge on any atom is 0.119 e. The fourth-order valence-electron chi connectivity index (χ4n) is 3.90. The van der Waals surface area contributed by atoms with Gasteiger partial charge in [-0.15, -0.1) is 0 Å². The fourth-order valence-corrected chi connectivity index (χ4v) is 4.69. The highest BCUT2D eigenvalue weighted by Gasteiger charge is 2.22. The second-order valence-corrected chi connectivity index (χ2v) is 9.24. The van der Waals surface area contributed by atoms with Crippen molar-refractivity contribution in [3.63, 3.8) is 0 Å². The van der Waals surface area contributed by atoms with Gasteiger partial charge >= 0.3 is 0 Å². The van der Waals surface area contributed by atoms with Crippen LogP contribution in [0, 0.1) is 0 Å². The summed E-state index contributed by atoms with van der Waals surface area (Å²) in [6.07, 6.45) is 6.70. The van der Waals surface area contributed by atoms with E-state index in [0.717, 1.165) is 73.9 Å². The molecular formula is C26H36Br2O2. The number of halogens is 2. The normalized spacial score (nSPS) is 13.1. The SMILES string of the molecule is CCC(c1ccc(OCCCCBr)cc1)C(CC)c1ccc(OCCCCBr)cc1. The first-order valence-electron chi connectivity index (χ1n) is 11.3. The van der Waals surface area contributed by atoms with E-state index >= 15 is 0 Å².